The molecule has 1 amide bonds. The first-order chi connectivity index (χ1) is 11.6. The number of amides is 1. The average molecular weight is 416 g/mol. The van der Waals surface area contributed by atoms with E-state index in [0.717, 1.165) is 13.0 Å². The lowest BCUT2D eigenvalue weighted by atomic mass is 10.0. The summed E-state index contributed by atoms with van der Waals surface area (Å²) < 4.78 is 63.7. The van der Waals surface area contributed by atoms with E-state index in [1.807, 2.05) is 6.92 Å². The van der Waals surface area contributed by atoms with Gasteiger partial charge in [-0.15, -0.1) is 12.4 Å². The Morgan fingerprint density at radius 3 is 2.42 bits per heavy atom. The van der Waals surface area contributed by atoms with E-state index in [1.165, 1.54) is 24.3 Å². The van der Waals surface area contributed by atoms with Gasteiger partial charge in [-0.25, -0.2) is 13.1 Å². The summed E-state index contributed by atoms with van der Waals surface area (Å²) in [5.41, 5.74) is -0.0455. The second kappa shape index (κ2) is 9.03. The van der Waals surface area contributed by atoms with Crippen LogP contribution < -0.4 is 15.4 Å². The Labute approximate surface area is 156 Å². The molecule has 1 saturated heterocycles. The van der Waals surface area contributed by atoms with Crippen LogP contribution in [-0.2, 0) is 10.0 Å². The summed E-state index contributed by atoms with van der Waals surface area (Å²) in [6, 6.07) is 4.52. The van der Waals surface area contributed by atoms with Crippen molar-refractivity contribution in [1.82, 2.24) is 15.4 Å². The Bertz CT molecular complexity index is 711. The van der Waals surface area contributed by atoms with Gasteiger partial charge in [0.05, 0.1) is 4.90 Å². The number of carbonyl (C=O) groups excluding carboxylic acids is 1. The van der Waals surface area contributed by atoms with Gasteiger partial charge in [-0.05, 0) is 50.6 Å². The third-order valence-corrected chi connectivity index (χ3v) is 5.45. The van der Waals surface area contributed by atoms with Crippen molar-refractivity contribution in [3.8, 4) is 0 Å². The van der Waals surface area contributed by atoms with E-state index in [1.54, 1.807) is 5.32 Å². The number of hydrogen-bond donors (Lipinski definition) is 3. The molecule has 6 nitrogen and oxygen atoms in total. The molecule has 1 fully saturated rings. The van der Waals surface area contributed by atoms with Crippen LogP contribution in [0, 0.1) is 0 Å². The van der Waals surface area contributed by atoms with E-state index in [2.05, 4.69) is 10.0 Å². The van der Waals surface area contributed by atoms with E-state index in [0.29, 0.717) is 6.42 Å². The van der Waals surface area contributed by atoms with Gasteiger partial charge >= 0.3 is 6.18 Å². The second-order valence-corrected chi connectivity index (χ2v) is 7.65. The molecule has 0 aromatic heterocycles. The quantitative estimate of drug-likeness (QED) is 0.684. The molecule has 0 saturated carbocycles. The largest absolute Gasteiger partial charge is 0.405 e. The topological polar surface area (TPSA) is 87.3 Å². The second-order valence-electron chi connectivity index (χ2n) is 5.94. The van der Waals surface area contributed by atoms with E-state index in [9.17, 15) is 26.4 Å². The molecule has 1 aliphatic heterocycles. The molecule has 2 rings (SSSR count). The molecular weight excluding hydrogens is 395 g/mol. The normalized spacial score (nSPS) is 20.9. The van der Waals surface area contributed by atoms with Crippen LogP contribution in [0.3, 0.4) is 0 Å². The maximum Gasteiger partial charge on any atom is 0.405 e. The Kier molecular flexibility index (Phi) is 7.87. The molecule has 26 heavy (non-hydrogen) atoms. The Balaban J connectivity index is 0.00000338. The minimum atomic E-state index is -4.51. The van der Waals surface area contributed by atoms with Crippen molar-refractivity contribution >= 4 is 28.3 Å². The fraction of sp³-hybridized carbons (Fsp3) is 0.533. The van der Waals surface area contributed by atoms with Crippen LogP contribution in [-0.4, -0.2) is 45.7 Å². The first-order valence-corrected chi connectivity index (χ1v) is 9.27. The molecular formula is C15H21ClF3N3O3S. The number of rotatable bonds is 5. The van der Waals surface area contributed by atoms with Crippen LogP contribution in [0.4, 0.5) is 13.2 Å². The third-order valence-electron chi connectivity index (χ3n) is 3.94. The fourth-order valence-corrected chi connectivity index (χ4v) is 3.89. The minimum Gasteiger partial charge on any atom is -0.343 e. The van der Waals surface area contributed by atoms with Crippen LogP contribution in [0.5, 0.6) is 0 Å². The van der Waals surface area contributed by atoms with Gasteiger partial charge < -0.3 is 10.6 Å². The lowest BCUT2D eigenvalue weighted by Gasteiger charge is -2.30. The summed E-state index contributed by atoms with van der Waals surface area (Å²) in [5.74, 6) is -0.917. The highest BCUT2D eigenvalue weighted by atomic mass is 35.5. The van der Waals surface area contributed by atoms with Crippen molar-refractivity contribution in [3.05, 3.63) is 29.8 Å². The highest BCUT2D eigenvalue weighted by Gasteiger charge is 2.28. The summed E-state index contributed by atoms with van der Waals surface area (Å²) in [5, 5.41) is 4.92. The highest BCUT2D eigenvalue weighted by molar-refractivity contribution is 7.89. The summed E-state index contributed by atoms with van der Waals surface area (Å²) in [6.07, 6.45) is -2.94. The van der Waals surface area contributed by atoms with Crippen LogP contribution in [0.2, 0.25) is 0 Å². The molecule has 1 aromatic carbocycles. The number of sulfonamides is 1. The number of halogens is 4. The van der Waals surface area contributed by atoms with Crippen molar-refractivity contribution in [1.29, 1.82) is 0 Å². The lowest BCUT2D eigenvalue weighted by molar-refractivity contribution is -0.123. The van der Waals surface area contributed by atoms with Crippen LogP contribution in [0.15, 0.2) is 29.2 Å². The van der Waals surface area contributed by atoms with Crippen molar-refractivity contribution in [2.75, 3.05) is 13.1 Å². The molecule has 2 unspecified atom stereocenters. The zero-order valence-corrected chi connectivity index (χ0v) is 15.6. The van der Waals surface area contributed by atoms with Crippen LogP contribution >= 0.6 is 12.4 Å². The Morgan fingerprint density at radius 2 is 1.88 bits per heavy atom. The molecule has 0 spiro atoms. The van der Waals surface area contributed by atoms with E-state index in [-0.39, 0.29) is 34.9 Å². The van der Waals surface area contributed by atoms with Gasteiger partial charge in [-0.2, -0.15) is 13.2 Å². The summed E-state index contributed by atoms with van der Waals surface area (Å²) >= 11 is 0. The van der Waals surface area contributed by atoms with Gasteiger partial charge in [0.2, 0.25) is 10.0 Å². The predicted molar refractivity (Wildman–Crippen MR) is 92.9 cm³/mol. The molecule has 2 atom stereocenters. The number of nitrogens with one attached hydrogen (secondary N) is 3. The van der Waals surface area contributed by atoms with E-state index in [4.69, 9.17) is 0 Å². The number of hydrogen-bond acceptors (Lipinski definition) is 4. The number of benzene rings is 1. The van der Waals surface area contributed by atoms with Crippen molar-refractivity contribution in [3.63, 3.8) is 0 Å². The standard InChI is InChI=1S/C15H20F3N3O3S.ClH/c1-10-13(3-2-8-19-10)21-25(23,24)12-6-4-11(5-7-12)14(22)20-9-15(16,17)18;/h4-7,10,13,19,21H,2-3,8-9H2,1H3,(H,20,22);1H. The van der Waals surface area contributed by atoms with Gasteiger partial charge in [-0.1, -0.05) is 0 Å². The molecule has 0 bridgehead atoms. The third kappa shape index (κ3) is 6.42. The monoisotopic (exact) mass is 415 g/mol. The maximum atomic E-state index is 12.4. The average Bonchev–Trinajstić information content (AvgIpc) is 2.54. The molecule has 1 aromatic rings. The zero-order valence-electron chi connectivity index (χ0n) is 14.0. The summed E-state index contributed by atoms with van der Waals surface area (Å²) in [7, 11) is -3.77. The van der Waals surface area contributed by atoms with Gasteiger partial charge in [0.1, 0.15) is 6.54 Å². The van der Waals surface area contributed by atoms with Gasteiger partial charge in [-0.3, -0.25) is 4.79 Å². The van der Waals surface area contributed by atoms with Crippen LogP contribution in [0.1, 0.15) is 30.1 Å². The summed E-state index contributed by atoms with van der Waals surface area (Å²) in [4.78, 5) is 11.6. The molecule has 148 valence electrons. The minimum absolute atomic E-state index is 0. The molecule has 0 aliphatic carbocycles. The number of piperidine rings is 1. The van der Waals surface area contributed by atoms with Gasteiger partial charge in [0, 0.05) is 17.6 Å². The highest BCUT2D eigenvalue weighted by Crippen LogP contribution is 2.16. The Hall–Kier alpha value is -1.36. The molecule has 0 radical (unpaired) electrons. The zero-order chi connectivity index (χ0) is 18.7. The summed E-state index contributed by atoms with van der Waals surface area (Å²) in [6.45, 7) is 1.28. The first kappa shape index (κ1) is 22.7. The number of alkyl halides is 3. The molecule has 1 heterocycles. The predicted octanol–water partition coefficient (Wildman–Crippen LogP) is 1.82. The molecule has 11 heteroatoms. The molecule has 1 aliphatic rings. The van der Waals surface area contributed by atoms with Gasteiger partial charge in [0.25, 0.3) is 5.91 Å². The van der Waals surface area contributed by atoms with Crippen molar-refractivity contribution in [2.45, 2.75) is 42.9 Å². The Morgan fingerprint density at radius 1 is 1.27 bits per heavy atom. The van der Waals surface area contributed by atoms with Crippen molar-refractivity contribution < 1.29 is 26.4 Å². The van der Waals surface area contributed by atoms with Crippen molar-refractivity contribution in [2.24, 2.45) is 0 Å². The van der Waals surface area contributed by atoms with E-state index < -0.39 is 28.7 Å². The lowest BCUT2D eigenvalue weighted by Crippen LogP contribution is -2.51. The fourth-order valence-electron chi connectivity index (χ4n) is 2.54. The first-order valence-electron chi connectivity index (χ1n) is 7.79. The van der Waals surface area contributed by atoms with E-state index >= 15 is 0 Å². The smallest absolute Gasteiger partial charge is 0.343 e. The van der Waals surface area contributed by atoms with Gasteiger partial charge in [0.15, 0.2) is 0 Å². The SMILES string of the molecule is CC1NCCCC1NS(=O)(=O)c1ccc(C(=O)NCC(F)(F)F)cc1.Cl. The molecule has 3 N–H and O–H groups in total. The number of carbonyl (C=O) groups is 1. The van der Waals surface area contributed by atoms with Crippen LogP contribution in [0.25, 0.3) is 0 Å². The maximum absolute atomic E-state index is 12.4.